The lowest BCUT2D eigenvalue weighted by atomic mass is 9.97. The summed E-state index contributed by atoms with van der Waals surface area (Å²) in [5, 5.41) is 24.8. The summed E-state index contributed by atoms with van der Waals surface area (Å²) >= 11 is 0. The molecule has 4 N–H and O–H groups in total. The smallest absolute Gasteiger partial charge is 0.326 e. The number of carbonyl (C=O) groups excluding carboxylic acids is 2. The fraction of sp³-hybridized carbons (Fsp3) is 0.222. The summed E-state index contributed by atoms with van der Waals surface area (Å²) in [6.45, 7) is 1.90. The summed E-state index contributed by atoms with van der Waals surface area (Å²) in [6, 6.07) is 20.3. The molecule has 0 unspecified atom stereocenters. The van der Waals surface area contributed by atoms with E-state index in [1.165, 1.54) is 6.07 Å². The lowest BCUT2D eigenvalue weighted by Gasteiger charge is -2.22. The van der Waals surface area contributed by atoms with Gasteiger partial charge in [-0.05, 0) is 47.4 Å². The predicted molar refractivity (Wildman–Crippen MR) is 129 cm³/mol. The molecule has 0 saturated heterocycles. The highest BCUT2D eigenvalue weighted by Gasteiger charge is 2.28. The van der Waals surface area contributed by atoms with Crippen LogP contribution in [0.2, 0.25) is 0 Å². The van der Waals surface area contributed by atoms with E-state index >= 15 is 0 Å². The lowest BCUT2D eigenvalue weighted by molar-refractivity contribution is -0.142. The molecule has 3 aromatic rings. The van der Waals surface area contributed by atoms with E-state index in [2.05, 4.69) is 10.6 Å². The Morgan fingerprint density at radius 3 is 2.06 bits per heavy atom. The summed E-state index contributed by atoms with van der Waals surface area (Å²) in [6.07, 6.45) is 0.861. The Labute approximate surface area is 198 Å². The van der Waals surface area contributed by atoms with E-state index in [0.717, 1.165) is 16.7 Å². The van der Waals surface area contributed by atoms with Gasteiger partial charge in [0.25, 0.3) is 5.91 Å². The molecule has 7 heteroatoms. The van der Waals surface area contributed by atoms with Crippen molar-refractivity contribution in [3.05, 3.63) is 101 Å². The van der Waals surface area contributed by atoms with Crippen LogP contribution < -0.4 is 10.6 Å². The molecule has 0 saturated carbocycles. The number of amides is 2. The number of aromatic hydroxyl groups is 1. The maximum atomic E-state index is 13.2. The molecule has 176 valence electrons. The second-order valence-electron chi connectivity index (χ2n) is 7.99. The molecule has 0 heterocycles. The first-order chi connectivity index (χ1) is 16.4. The van der Waals surface area contributed by atoms with Crippen molar-refractivity contribution in [2.75, 3.05) is 0 Å². The lowest BCUT2D eigenvalue weighted by Crippen LogP contribution is -2.53. The molecule has 0 bridgehead atoms. The van der Waals surface area contributed by atoms with E-state index < -0.39 is 29.9 Å². The number of phenols is 1. The van der Waals surface area contributed by atoms with Crippen molar-refractivity contribution < 1.29 is 24.6 Å². The molecular formula is C27H28N2O5. The zero-order chi connectivity index (χ0) is 24.5. The molecule has 0 aromatic heterocycles. The first kappa shape index (κ1) is 24.5. The van der Waals surface area contributed by atoms with Gasteiger partial charge in [-0.25, -0.2) is 4.79 Å². The molecule has 0 aliphatic heterocycles. The van der Waals surface area contributed by atoms with Crippen LogP contribution in [0.1, 0.15) is 34.0 Å². The van der Waals surface area contributed by atoms with Gasteiger partial charge in [0.1, 0.15) is 17.8 Å². The Morgan fingerprint density at radius 2 is 1.44 bits per heavy atom. The van der Waals surface area contributed by atoms with E-state index in [-0.39, 0.29) is 18.6 Å². The molecule has 0 aliphatic rings. The van der Waals surface area contributed by atoms with Gasteiger partial charge in [0.2, 0.25) is 5.91 Å². The zero-order valence-corrected chi connectivity index (χ0v) is 18.9. The molecule has 2 amide bonds. The van der Waals surface area contributed by atoms with Gasteiger partial charge in [-0.3, -0.25) is 9.59 Å². The number of hydrogen-bond donors (Lipinski definition) is 4. The summed E-state index contributed by atoms with van der Waals surface area (Å²) in [4.78, 5) is 37.9. The molecule has 7 nitrogen and oxygen atoms in total. The maximum Gasteiger partial charge on any atom is 0.326 e. The Hall–Kier alpha value is -4.13. The van der Waals surface area contributed by atoms with Gasteiger partial charge < -0.3 is 20.8 Å². The number of hydrogen-bond acceptors (Lipinski definition) is 4. The number of carboxylic acid groups (broad SMARTS) is 1. The second-order valence-corrected chi connectivity index (χ2v) is 7.99. The largest absolute Gasteiger partial charge is 0.508 e. The minimum Gasteiger partial charge on any atom is -0.508 e. The highest BCUT2D eigenvalue weighted by Crippen LogP contribution is 2.19. The van der Waals surface area contributed by atoms with E-state index in [4.69, 9.17) is 0 Å². The molecular weight excluding hydrogens is 432 g/mol. The quantitative estimate of drug-likeness (QED) is 0.371. The van der Waals surface area contributed by atoms with Crippen LogP contribution in [-0.2, 0) is 28.9 Å². The van der Waals surface area contributed by atoms with Gasteiger partial charge in [0, 0.05) is 18.4 Å². The number of benzene rings is 3. The standard InChI is InChI=1S/C27H28N2O5/c1-2-19-16-22(30)14-13-21(19)17-24(27(33)34)29-26(32)23(15-18-9-5-3-6-10-18)28-25(31)20-11-7-4-8-12-20/h3-14,16,23-24,30H,2,15,17H2,1H3,(H,28,31)(H,29,32)(H,33,34)/t23-,24-/m0/s1. The Balaban J connectivity index is 1.80. The van der Waals surface area contributed by atoms with Gasteiger partial charge in [-0.2, -0.15) is 0 Å². The van der Waals surface area contributed by atoms with Crippen LogP contribution in [0.4, 0.5) is 0 Å². The van der Waals surface area contributed by atoms with Crippen LogP contribution in [0.15, 0.2) is 78.9 Å². The molecule has 0 radical (unpaired) electrons. The van der Waals surface area contributed by atoms with Gasteiger partial charge in [-0.1, -0.05) is 61.5 Å². The van der Waals surface area contributed by atoms with Crippen molar-refractivity contribution in [2.45, 2.75) is 38.3 Å². The molecule has 2 atom stereocenters. The first-order valence-electron chi connectivity index (χ1n) is 11.1. The maximum absolute atomic E-state index is 13.2. The van der Waals surface area contributed by atoms with Crippen LogP contribution >= 0.6 is 0 Å². The van der Waals surface area contributed by atoms with E-state index in [9.17, 15) is 24.6 Å². The molecule has 0 spiro atoms. The Bertz CT molecular complexity index is 1130. The van der Waals surface area contributed by atoms with Gasteiger partial charge in [0.05, 0.1) is 0 Å². The van der Waals surface area contributed by atoms with Crippen molar-refractivity contribution in [2.24, 2.45) is 0 Å². The molecule has 3 aromatic carbocycles. The van der Waals surface area contributed by atoms with Gasteiger partial charge >= 0.3 is 5.97 Å². The van der Waals surface area contributed by atoms with E-state index in [1.807, 2.05) is 37.3 Å². The highest BCUT2D eigenvalue weighted by atomic mass is 16.4. The summed E-state index contributed by atoms with van der Waals surface area (Å²) in [5.41, 5.74) is 2.76. The van der Waals surface area contributed by atoms with Crippen molar-refractivity contribution in [1.82, 2.24) is 10.6 Å². The number of carbonyl (C=O) groups is 3. The molecule has 3 rings (SSSR count). The third-order valence-electron chi connectivity index (χ3n) is 5.55. The van der Waals surface area contributed by atoms with Crippen LogP contribution in [0.3, 0.4) is 0 Å². The number of carboxylic acids is 1. The Kier molecular flexibility index (Phi) is 8.40. The molecule has 0 aliphatic carbocycles. The molecule has 34 heavy (non-hydrogen) atoms. The van der Waals surface area contributed by atoms with Crippen molar-refractivity contribution in [3.8, 4) is 5.75 Å². The van der Waals surface area contributed by atoms with E-state index in [1.54, 1.807) is 42.5 Å². The third-order valence-corrected chi connectivity index (χ3v) is 5.55. The van der Waals surface area contributed by atoms with Crippen LogP contribution in [-0.4, -0.2) is 40.1 Å². The van der Waals surface area contributed by atoms with Crippen LogP contribution in [0.25, 0.3) is 0 Å². The van der Waals surface area contributed by atoms with Gasteiger partial charge in [-0.15, -0.1) is 0 Å². The summed E-state index contributed by atoms with van der Waals surface area (Å²) in [7, 11) is 0. The minimum atomic E-state index is -1.20. The van der Waals surface area contributed by atoms with Crippen LogP contribution in [0, 0.1) is 0 Å². The highest BCUT2D eigenvalue weighted by molar-refractivity contribution is 5.98. The fourth-order valence-electron chi connectivity index (χ4n) is 3.72. The summed E-state index contributed by atoms with van der Waals surface area (Å²) in [5.74, 6) is -2.09. The predicted octanol–water partition coefficient (Wildman–Crippen LogP) is 3.11. The third kappa shape index (κ3) is 6.68. The molecule has 0 fully saturated rings. The monoisotopic (exact) mass is 460 g/mol. The number of phenolic OH excluding ortho intramolecular Hbond substituents is 1. The van der Waals surface area contributed by atoms with Crippen molar-refractivity contribution in [1.29, 1.82) is 0 Å². The number of aryl methyl sites for hydroxylation is 1. The first-order valence-corrected chi connectivity index (χ1v) is 11.1. The normalized spacial score (nSPS) is 12.4. The SMILES string of the molecule is CCc1cc(O)ccc1C[C@H](NC(=O)[C@H](Cc1ccccc1)NC(=O)c1ccccc1)C(=O)O. The number of nitrogens with one attached hydrogen (secondary N) is 2. The average molecular weight is 461 g/mol. The minimum absolute atomic E-state index is 0.0508. The van der Waals surface area contributed by atoms with E-state index in [0.29, 0.717) is 12.0 Å². The summed E-state index contributed by atoms with van der Waals surface area (Å²) < 4.78 is 0. The number of rotatable bonds is 10. The topological polar surface area (TPSA) is 116 Å². The second kappa shape index (κ2) is 11.7. The number of aliphatic carboxylic acids is 1. The van der Waals surface area contributed by atoms with Gasteiger partial charge in [0.15, 0.2) is 0 Å². The Morgan fingerprint density at radius 1 is 0.794 bits per heavy atom. The zero-order valence-electron chi connectivity index (χ0n) is 18.9. The fourth-order valence-corrected chi connectivity index (χ4v) is 3.72. The average Bonchev–Trinajstić information content (AvgIpc) is 2.85. The van der Waals surface area contributed by atoms with Crippen molar-refractivity contribution >= 4 is 17.8 Å². The van der Waals surface area contributed by atoms with Crippen LogP contribution in [0.5, 0.6) is 5.75 Å². The van der Waals surface area contributed by atoms with Crippen molar-refractivity contribution in [3.63, 3.8) is 0 Å².